The summed E-state index contributed by atoms with van der Waals surface area (Å²) in [7, 11) is 0. The fourth-order valence-electron chi connectivity index (χ4n) is 3.71. The molecule has 2 aliphatic rings. The number of aliphatic hydroxyl groups is 1. The second-order valence-electron chi connectivity index (χ2n) is 5.86. The minimum absolute atomic E-state index is 0.0249. The van der Waals surface area contributed by atoms with Gasteiger partial charge in [0.1, 0.15) is 5.60 Å². The van der Waals surface area contributed by atoms with Crippen LogP contribution in [0.15, 0.2) is 30.3 Å². The molecule has 2 fully saturated rings. The number of carbonyl (C=O) groups is 1. The molecule has 0 spiro atoms. The first-order valence-corrected chi connectivity index (χ1v) is 7.01. The van der Waals surface area contributed by atoms with E-state index in [0.29, 0.717) is 24.7 Å². The molecule has 0 bridgehead atoms. The van der Waals surface area contributed by atoms with Crippen LogP contribution in [0.3, 0.4) is 0 Å². The zero-order chi connectivity index (χ0) is 12.6. The lowest BCUT2D eigenvalue weighted by atomic mass is 9.63. The second-order valence-corrected chi connectivity index (χ2v) is 5.86. The minimum atomic E-state index is -1.22. The maximum absolute atomic E-state index is 12.3. The van der Waals surface area contributed by atoms with Crippen molar-refractivity contribution in [3.63, 3.8) is 0 Å². The van der Waals surface area contributed by atoms with Gasteiger partial charge in [-0.15, -0.1) is 0 Å². The summed E-state index contributed by atoms with van der Waals surface area (Å²) < 4.78 is 0. The number of hydrogen-bond donors (Lipinski definition) is 1. The van der Waals surface area contributed by atoms with Crippen LogP contribution in [0.2, 0.25) is 0 Å². The molecule has 2 aliphatic carbocycles. The standard InChI is InChI=1S/C16H20O2/c17-15-10-12-6-4-5-7-13(12)11-16(15,18)14-8-2-1-3-9-14/h1-3,8-9,12-13,18H,4-7,10-11H2/t12-,13+,16-/m0/s1. The molecule has 0 saturated heterocycles. The van der Waals surface area contributed by atoms with Crippen LogP contribution in [0.25, 0.3) is 0 Å². The average Bonchev–Trinajstić information content (AvgIpc) is 2.41. The Morgan fingerprint density at radius 2 is 1.72 bits per heavy atom. The molecular formula is C16H20O2. The lowest BCUT2D eigenvalue weighted by Gasteiger charge is -2.43. The molecular weight excluding hydrogens is 224 g/mol. The lowest BCUT2D eigenvalue weighted by molar-refractivity contribution is -0.149. The number of rotatable bonds is 1. The zero-order valence-corrected chi connectivity index (χ0v) is 10.6. The fraction of sp³-hybridized carbons (Fsp3) is 0.562. The summed E-state index contributed by atoms with van der Waals surface area (Å²) in [6, 6.07) is 9.47. The van der Waals surface area contributed by atoms with Crippen LogP contribution in [0.4, 0.5) is 0 Å². The van der Waals surface area contributed by atoms with Crippen molar-refractivity contribution in [3.8, 4) is 0 Å². The maximum Gasteiger partial charge on any atom is 0.169 e. The van der Waals surface area contributed by atoms with Crippen LogP contribution < -0.4 is 0 Å². The lowest BCUT2D eigenvalue weighted by Crippen LogP contribution is -2.45. The van der Waals surface area contributed by atoms with Gasteiger partial charge in [-0.25, -0.2) is 0 Å². The molecule has 1 N–H and O–H groups in total. The highest BCUT2D eigenvalue weighted by atomic mass is 16.3. The summed E-state index contributed by atoms with van der Waals surface area (Å²) in [5.74, 6) is 1.08. The van der Waals surface area contributed by atoms with Gasteiger partial charge in [0.15, 0.2) is 5.78 Å². The van der Waals surface area contributed by atoms with Gasteiger partial charge in [0.05, 0.1) is 0 Å². The summed E-state index contributed by atoms with van der Waals surface area (Å²) in [6.45, 7) is 0. The van der Waals surface area contributed by atoms with E-state index < -0.39 is 5.60 Å². The van der Waals surface area contributed by atoms with Crippen molar-refractivity contribution in [1.29, 1.82) is 0 Å². The average molecular weight is 244 g/mol. The molecule has 3 rings (SSSR count). The Bertz CT molecular complexity index is 440. The summed E-state index contributed by atoms with van der Waals surface area (Å²) in [6.07, 6.45) is 6.03. The van der Waals surface area contributed by atoms with Gasteiger partial charge in [0.25, 0.3) is 0 Å². The number of fused-ring (bicyclic) bond motifs is 1. The second kappa shape index (κ2) is 4.51. The van der Waals surface area contributed by atoms with Gasteiger partial charge < -0.3 is 5.11 Å². The van der Waals surface area contributed by atoms with Crippen LogP contribution in [-0.4, -0.2) is 10.9 Å². The van der Waals surface area contributed by atoms with Gasteiger partial charge in [0.2, 0.25) is 0 Å². The molecule has 2 heteroatoms. The molecule has 0 heterocycles. The molecule has 0 aliphatic heterocycles. The summed E-state index contributed by atoms with van der Waals surface area (Å²) in [5.41, 5.74) is -0.446. The summed E-state index contributed by atoms with van der Waals surface area (Å²) in [5, 5.41) is 10.8. The quantitative estimate of drug-likeness (QED) is 0.824. The third-order valence-electron chi connectivity index (χ3n) is 4.78. The van der Waals surface area contributed by atoms with E-state index in [4.69, 9.17) is 0 Å². The van der Waals surface area contributed by atoms with Crippen LogP contribution in [0, 0.1) is 11.8 Å². The van der Waals surface area contributed by atoms with Crippen LogP contribution >= 0.6 is 0 Å². The number of Topliss-reactive ketones (excluding diaryl/α,β-unsaturated/α-hetero) is 1. The Morgan fingerprint density at radius 3 is 2.44 bits per heavy atom. The first kappa shape index (κ1) is 11.9. The molecule has 0 amide bonds. The number of ketones is 1. The first-order valence-electron chi connectivity index (χ1n) is 7.01. The van der Waals surface area contributed by atoms with Gasteiger partial charge >= 0.3 is 0 Å². The van der Waals surface area contributed by atoms with Crippen molar-refractivity contribution < 1.29 is 9.90 Å². The molecule has 1 aromatic carbocycles. The SMILES string of the molecule is O=C1C[C@@H]2CCCC[C@@H]2C[C@]1(O)c1ccccc1. The van der Waals surface area contributed by atoms with Gasteiger partial charge in [-0.05, 0) is 30.2 Å². The Morgan fingerprint density at radius 1 is 1.06 bits per heavy atom. The van der Waals surface area contributed by atoms with E-state index in [1.165, 1.54) is 25.7 Å². The number of benzene rings is 1. The highest BCUT2D eigenvalue weighted by Crippen LogP contribution is 2.46. The van der Waals surface area contributed by atoms with E-state index in [-0.39, 0.29) is 5.78 Å². The van der Waals surface area contributed by atoms with E-state index in [2.05, 4.69) is 0 Å². The highest BCUT2D eigenvalue weighted by molar-refractivity contribution is 5.89. The normalized spacial score (nSPS) is 36.2. The topological polar surface area (TPSA) is 37.3 Å². The van der Waals surface area contributed by atoms with Crippen LogP contribution in [-0.2, 0) is 10.4 Å². The van der Waals surface area contributed by atoms with E-state index in [9.17, 15) is 9.90 Å². The van der Waals surface area contributed by atoms with Crippen LogP contribution in [0.5, 0.6) is 0 Å². The van der Waals surface area contributed by atoms with Crippen molar-refractivity contribution in [2.24, 2.45) is 11.8 Å². The molecule has 0 unspecified atom stereocenters. The molecule has 18 heavy (non-hydrogen) atoms. The van der Waals surface area contributed by atoms with Gasteiger partial charge in [0, 0.05) is 6.42 Å². The van der Waals surface area contributed by atoms with Crippen molar-refractivity contribution in [2.75, 3.05) is 0 Å². The van der Waals surface area contributed by atoms with E-state index in [1.807, 2.05) is 30.3 Å². The molecule has 2 saturated carbocycles. The molecule has 1 aromatic rings. The molecule has 0 radical (unpaired) electrons. The van der Waals surface area contributed by atoms with Gasteiger partial charge in [-0.3, -0.25) is 4.79 Å². The third kappa shape index (κ3) is 1.89. The van der Waals surface area contributed by atoms with E-state index in [1.54, 1.807) is 0 Å². The van der Waals surface area contributed by atoms with Gasteiger partial charge in [-0.2, -0.15) is 0 Å². The Hall–Kier alpha value is -1.15. The van der Waals surface area contributed by atoms with Crippen LogP contribution in [0.1, 0.15) is 44.1 Å². The Balaban J connectivity index is 1.90. The number of carbonyl (C=O) groups excluding carboxylic acids is 1. The number of hydrogen-bond acceptors (Lipinski definition) is 2. The van der Waals surface area contributed by atoms with Crippen molar-refractivity contribution >= 4 is 5.78 Å². The molecule has 96 valence electrons. The predicted octanol–water partition coefficient (Wildman–Crippen LogP) is 3.04. The smallest absolute Gasteiger partial charge is 0.169 e. The van der Waals surface area contributed by atoms with Crippen molar-refractivity contribution in [3.05, 3.63) is 35.9 Å². The molecule has 3 atom stereocenters. The Kier molecular flexibility index (Phi) is 2.98. The highest BCUT2D eigenvalue weighted by Gasteiger charge is 2.47. The Labute approximate surface area is 108 Å². The molecule has 0 aromatic heterocycles. The zero-order valence-electron chi connectivity index (χ0n) is 10.6. The third-order valence-corrected chi connectivity index (χ3v) is 4.78. The van der Waals surface area contributed by atoms with Crippen molar-refractivity contribution in [2.45, 2.75) is 44.1 Å². The maximum atomic E-state index is 12.3. The van der Waals surface area contributed by atoms with E-state index in [0.717, 1.165) is 5.56 Å². The summed E-state index contributed by atoms with van der Waals surface area (Å²) >= 11 is 0. The first-order chi connectivity index (χ1) is 8.70. The fourth-order valence-corrected chi connectivity index (χ4v) is 3.71. The van der Waals surface area contributed by atoms with E-state index >= 15 is 0 Å². The monoisotopic (exact) mass is 244 g/mol. The van der Waals surface area contributed by atoms with Gasteiger partial charge in [-0.1, -0.05) is 49.6 Å². The predicted molar refractivity (Wildman–Crippen MR) is 70.0 cm³/mol. The van der Waals surface area contributed by atoms with Crippen molar-refractivity contribution in [1.82, 2.24) is 0 Å². The largest absolute Gasteiger partial charge is 0.377 e. The minimum Gasteiger partial charge on any atom is -0.377 e. The summed E-state index contributed by atoms with van der Waals surface area (Å²) in [4.78, 5) is 12.3. The molecule has 2 nitrogen and oxygen atoms in total.